The maximum atomic E-state index is 11.7. The first-order valence-corrected chi connectivity index (χ1v) is 5.49. The minimum Gasteiger partial charge on any atom is -0.338 e. The number of likely N-dealkylation sites (tertiary alicyclic amines) is 1. The minimum atomic E-state index is 0.176. The Bertz CT molecular complexity index is 252. The van der Waals surface area contributed by atoms with Crippen LogP contribution in [0.4, 0.5) is 0 Å². The Hall–Kier alpha value is -0.830. The van der Waals surface area contributed by atoms with E-state index in [9.17, 15) is 4.79 Å². The highest BCUT2D eigenvalue weighted by molar-refractivity contribution is 5.88. The molecule has 1 aliphatic carbocycles. The second-order valence-corrected chi connectivity index (χ2v) is 4.34. The lowest BCUT2D eigenvalue weighted by Crippen LogP contribution is -2.30. The fraction of sp³-hybridized carbons (Fsp3) is 0.727. The lowest BCUT2D eigenvalue weighted by Gasteiger charge is -2.13. The molecule has 2 aliphatic rings. The zero-order chi connectivity index (χ0) is 9.97. The van der Waals surface area contributed by atoms with E-state index in [1.165, 1.54) is 18.4 Å². The molecule has 3 nitrogen and oxygen atoms in total. The molecule has 0 radical (unpaired) electrons. The van der Waals surface area contributed by atoms with Gasteiger partial charge in [0.25, 0.3) is 0 Å². The van der Waals surface area contributed by atoms with E-state index in [4.69, 9.17) is 5.73 Å². The molecule has 14 heavy (non-hydrogen) atoms. The molecule has 0 aromatic heterocycles. The van der Waals surface area contributed by atoms with Gasteiger partial charge in [0.15, 0.2) is 0 Å². The highest BCUT2D eigenvalue weighted by atomic mass is 16.2. The smallest absolute Gasteiger partial charge is 0.246 e. The van der Waals surface area contributed by atoms with Gasteiger partial charge >= 0.3 is 0 Å². The van der Waals surface area contributed by atoms with Crippen LogP contribution in [0.2, 0.25) is 0 Å². The predicted molar refractivity (Wildman–Crippen MR) is 55.7 cm³/mol. The molecule has 3 heteroatoms. The van der Waals surface area contributed by atoms with Crippen LogP contribution in [-0.2, 0) is 4.79 Å². The summed E-state index contributed by atoms with van der Waals surface area (Å²) in [6.07, 6.45) is 7.52. The Morgan fingerprint density at radius 2 is 2.14 bits per heavy atom. The maximum absolute atomic E-state index is 11.7. The van der Waals surface area contributed by atoms with Crippen LogP contribution in [-0.4, -0.2) is 29.9 Å². The van der Waals surface area contributed by atoms with Crippen molar-refractivity contribution in [2.24, 2.45) is 5.73 Å². The van der Waals surface area contributed by atoms with Gasteiger partial charge in [0, 0.05) is 25.2 Å². The standard InChI is InChI=1S/C11H18N2O/c12-10-5-6-13(8-10)11(14)7-9-3-1-2-4-9/h7,10H,1-6,8,12H2/t10-/m0/s1. The van der Waals surface area contributed by atoms with Crippen molar-refractivity contribution >= 4 is 5.91 Å². The van der Waals surface area contributed by atoms with Gasteiger partial charge in [-0.3, -0.25) is 4.79 Å². The molecule has 1 amide bonds. The first-order valence-electron chi connectivity index (χ1n) is 5.49. The van der Waals surface area contributed by atoms with E-state index in [0.29, 0.717) is 0 Å². The van der Waals surface area contributed by atoms with Crippen LogP contribution in [0, 0.1) is 0 Å². The first-order chi connectivity index (χ1) is 6.75. The fourth-order valence-electron chi connectivity index (χ4n) is 2.23. The highest BCUT2D eigenvalue weighted by Crippen LogP contribution is 2.24. The van der Waals surface area contributed by atoms with E-state index in [-0.39, 0.29) is 11.9 Å². The minimum absolute atomic E-state index is 0.176. The molecule has 2 rings (SSSR count). The third-order valence-corrected chi connectivity index (χ3v) is 3.11. The lowest BCUT2D eigenvalue weighted by molar-refractivity contribution is -0.125. The second-order valence-electron chi connectivity index (χ2n) is 4.34. The van der Waals surface area contributed by atoms with Gasteiger partial charge in [-0.05, 0) is 32.1 Å². The summed E-state index contributed by atoms with van der Waals surface area (Å²) in [7, 11) is 0. The van der Waals surface area contributed by atoms with Crippen molar-refractivity contribution in [1.29, 1.82) is 0 Å². The molecular weight excluding hydrogens is 176 g/mol. The summed E-state index contributed by atoms with van der Waals surface area (Å²) in [6, 6.07) is 0.195. The Balaban J connectivity index is 1.91. The SMILES string of the molecule is N[C@H]1CCN(C(=O)C=C2CCCC2)C1. The van der Waals surface area contributed by atoms with Crippen LogP contribution >= 0.6 is 0 Å². The average Bonchev–Trinajstić information content (AvgIpc) is 2.75. The van der Waals surface area contributed by atoms with E-state index < -0.39 is 0 Å². The number of carbonyl (C=O) groups is 1. The largest absolute Gasteiger partial charge is 0.338 e. The van der Waals surface area contributed by atoms with Gasteiger partial charge < -0.3 is 10.6 Å². The van der Waals surface area contributed by atoms with Gasteiger partial charge in [-0.25, -0.2) is 0 Å². The van der Waals surface area contributed by atoms with E-state index in [2.05, 4.69) is 0 Å². The second kappa shape index (κ2) is 4.13. The van der Waals surface area contributed by atoms with Gasteiger partial charge in [-0.1, -0.05) is 5.57 Å². The Kier molecular flexibility index (Phi) is 2.87. The van der Waals surface area contributed by atoms with Gasteiger partial charge in [0.05, 0.1) is 0 Å². The van der Waals surface area contributed by atoms with Crippen molar-refractivity contribution in [3.05, 3.63) is 11.6 Å². The third kappa shape index (κ3) is 2.15. The molecular formula is C11H18N2O. The van der Waals surface area contributed by atoms with Crippen LogP contribution in [0.25, 0.3) is 0 Å². The average molecular weight is 194 g/mol. The molecule has 78 valence electrons. The van der Waals surface area contributed by atoms with Gasteiger partial charge in [0.2, 0.25) is 5.91 Å². The molecule has 1 atom stereocenters. The molecule has 1 saturated carbocycles. The van der Waals surface area contributed by atoms with E-state index in [1.54, 1.807) is 0 Å². The van der Waals surface area contributed by atoms with Gasteiger partial charge in [-0.15, -0.1) is 0 Å². The number of hydrogen-bond donors (Lipinski definition) is 1. The van der Waals surface area contributed by atoms with Crippen LogP contribution in [0.1, 0.15) is 32.1 Å². The van der Waals surface area contributed by atoms with Crippen molar-refractivity contribution in [1.82, 2.24) is 4.90 Å². The molecule has 0 aromatic rings. The number of allylic oxidation sites excluding steroid dienone is 1. The van der Waals surface area contributed by atoms with E-state index in [1.807, 2.05) is 11.0 Å². The van der Waals surface area contributed by atoms with Crippen LogP contribution in [0.15, 0.2) is 11.6 Å². The zero-order valence-corrected chi connectivity index (χ0v) is 8.54. The molecule has 1 heterocycles. The molecule has 2 fully saturated rings. The summed E-state index contributed by atoms with van der Waals surface area (Å²) >= 11 is 0. The molecule has 2 N–H and O–H groups in total. The number of nitrogens with zero attached hydrogens (tertiary/aromatic N) is 1. The van der Waals surface area contributed by atoms with Crippen molar-refractivity contribution in [2.45, 2.75) is 38.1 Å². The normalized spacial score (nSPS) is 27.1. The monoisotopic (exact) mass is 194 g/mol. The van der Waals surface area contributed by atoms with Gasteiger partial charge in [-0.2, -0.15) is 0 Å². The zero-order valence-electron chi connectivity index (χ0n) is 8.54. The Morgan fingerprint density at radius 1 is 1.43 bits per heavy atom. The number of carbonyl (C=O) groups excluding carboxylic acids is 1. The van der Waals surface area contributed by atoms with E-state index in [0.717, 1.165) is 32.4 Å². The van der Waals surface area contributed by atoms with E-state index >= 15 is 0 Å². The molecule has 1 saturated heterocycles. The van der Waals surface area contributed by atoms with Crippen molar-refractivity contribution in [2.75, 3.05) is 13.1 Å². The maximum Gasteiger partial charge on any atom is 0.246 e. The van der Waals surface area contributed by atoms with Gasteiger partial charge in [0.1, 0.15) is 0 Å². The molecule has 0 aromatic carbocycles. The first kappa shape index (κ1) is 9.71. The predicted octanol–water partition coefficient (Wildman–Crippen LogP) is 1.05. The number of rotatable bonds is 1. The topological polar surface area (TPSA) is 46.3 Å². The highest BCUT2D eigenvalue weighted by Gasteiger charge is 2.22. The van der Waals surface area contributed by atoms with Crippen molar-refractivity contribution in [3.63, 3.8) is 0 Å². The third-order valence-electron chi connectivity index (χ3n) is 3.11. The molecule has 0 bridgehead atoms. The Morgan fingerprint density at radius 3 is 2.71 bits per heavy atom. The van der Waals surface area contributed by atoms with Crippen molar-refractivity contribution < 1.29 is 4.79 Å². The van der Waals surface area contributed by atoms with Crippen LogP contribution in [0.5, 0.6) is 0 Å². The summed E-state index contributed by atoms with van der Waals surface area (Å²) in [5.41, 5.74) is 7.09. The number of hydrogen-bond acceptors (Lipinski definition) is 2. The quantitative estimate of drug-likeness (QED) is 0.634. The van der Waals surface area contributed by atoms with Crippen LogP contribution in [0.3, 0.4) is 0 Å². The fourth-order valence-corrected chi connectivity index (χ4v) is 2.23. The molecule has 0 unspecified atom stereocenters. The summed E-state index contributed by atoms with van der Waals surface area (Å²) in [5.74, 6) is 0.176. The summed E-state index contributed by atoms with van der Waals surface area (Å²) in [6.45, 7) is 1.58. The lowest BCUT2D eigenvalue weighted by atomic mass is 10.2. The molecule has 0 spiro atoms. The number of nitrogens with two attached hydrogens (primary N) is 1. The van der Waals surface area contributed by atoms with Crippen molar-refractivity contribution in [3.8, 4) is 0 Å². The van der Waals surface area contributed by atoms with Crippen LogP contribution < -0.4 is 5.73 Å². The Labute approximate surface area is 84.9 Å². The summed E-state index contributed by atoms with van der Waals surface area (Å²) < 4.78 is 0. The summed E-state index contributed by atoms with van der Waals surface area (Å²) in [4.78, 5) is 13.6. The number of amides is 1. The summed E-state index contributed by atoms with van der Waals surface area (Å²) in [5, 5.41) is 0. The molecule has 1 aliphatic heterocycles.